The molecule has 0 atom stereocenters. The van der Waals surface area contributed by atoms with Gasteiger partial charge in [-0.05, 0) is 6.42 Å². The van der Waals surface area contributed by atoms with Crippen molar-refractivity contribution in [2.24, 2.45) is 5.41 Å². The number of unbranched alkanes of at least 4 members (excludes halogenated alkanes) is 18. The van der Waals surface area contributed by atoms with Gasteiger partial charge >= 0.3 is 5.97 Å². The molecular weight excluding hydrogens is 532 g/mol. The zero-order valence-corrected chi connectivity index (χ0v) is 26.3. The summed E-state index contributed by atoms with van der Waals surface area (Å²) in [5.41, 5.74) is -1.11. The lowest BCUT2D eigenvalue weighted by atomic mass is 9.93. The second-order valence-electron chi connectivity index (χ2n) is 10.7. The zero-order valence-electron chi connectivity index (χ0n) is 26.3. The van der Waals surface area contributed by atoms with Crippen LogP contribution in [0.4, 0.5) is 0 Å². The van der Waals surface area contributed by atoms with Crippen LogP contribution >= 0.6 is 0 Å². The van der Waals surface area contributed by atoms with Crippen LogP contribution in [0.25, 0.3) is 0 Å². The lowest BCUT2D eigenvalue weighted by molar-refractivity contribution is -0.137. The highest BCUT2D eigenvalue weighted by Gasteiger charge is 2.26. The Morgan fingerprint density at radius 1 is 0.439 bits per heavy atom. The van der Waals surface area contributed by atoms with Crippen molar-refractivity contribution in [1.29, 1.82) is 0 Å². The normalized spacial score (nSPS) is 10.3. The maximum absolute atomic E-state index is 10.4. The van der Waals surface area contributed by atoms with Gasteiger partial charge < -0.3 is 35.7 Å². The first-order chi connectivity index (χ1) is 19.5. The topological polar surface area (TPSA) is 193 Å². The summed E-state index contributed by atoms with van der Waals surface area (Å²) >= 11 is 0. The Hall–Kier alpha value is -1.75. The highest BCUT2D eigenvalue weighted by Crippen LogP contribution is 2.15. The average Bonchev–Trinajstić information content (AvgIpc) is 2.91. The van der Waals surface area contributed by atoms with Crippen LogP contribution in [0.15, 0.2) is 0 Å². The quantitative estimate of drug-likeness (QED) is 0.0648. The lowest BCUT2D eigenvalue weighted by Gasteiger charge is -2.23. The van der Waals surface area contributed by atoms with E-state index in [1.165, 1.54) is 109 Å². The van der Waals surface area contributed by atoms with E-state index in [9.17, 15) is 4.79 Å². The monoisotopic (exact) mass is 596 g/mol. The van der Waals surface area contributed by atoms with Gasteiger partial charge in [0.2, 0.25) is 0 Å². The summed E-state index contributed by atoms with van der Waals surface area (Å²) in [6.45, 7) is 2.82. The van der Waals surface area contributed by atoms with E-state index >= 15 is 0 Å². The molecule has 0 aromatic carbocycles. The number of hydrogen-bond donors (Lipinski definition) is 7. The van der Waals surface area contributed by atoms with E-state index in [1.807, 2.05) is 0 Å². The second-order valence-corrected chi connectivity index (χ2v) is 10.7. The largest absolute Gasteiger partial charge is 0.481 e. The molecule has 10 heteroatoms. The van der Waals surface area contributed by atoms with Crippen LogP contribution in [-0.2, 0) is 14.4 Å². The van der Waals surface area contributed by atoms with Gasteiger partial charge in [0.05, 0.1) is 31.8 Å². The van der Waals surface area contributed by atoms with Crippen LogP contribution < -0.4 is 0 Å². The van der Waals surface area contributed by atoms with Gasteiger partial charge in [-0.3, -0.25) is 14.4 Å². The molecule has 0 saturated carbocycles. The molecule has 0 saturated heterocycles. The lowest BCUT2D eigenvalue weighted by Crippen LogP contribution is -2.37. The molecule has 0 aromatic rings. The van der Waals surface area contributed by atoms with Gasteiger partial charge in [0.1, 0.15) is 0 Å². The summed E-state index contributed by atoms with van der Waals surface area (Å²) in [5.74, 6) is -2.32. The average molecular weight is 597 g/mol. The summed E-state index contributed by atoms with van der Waals surface area (Å²) in [6, 6.07) is 0. The van der Waals surface area contributed by atoms with E-state index in [0.29, 0.717) is 6.42 Å². The molecule has 0 rings (SSSR count). The van der Waals surface area contributed by atoms with Crippen molar-refractivity contribution in [1.82, 2.24) is 0 Å². The van der Waals surface area contributed by atoms with E-state index in [2.05, 4.69) is 6.92 Å². The molecule has 0 unspecified atom stereocenters. The van der Waals surface area contributed by atoms with E-state index in [0.717, 1.165) is 26.7 Å². The Bertz CT molecular complexity index is 514. The van der Waals surface area contributed by atoms with Crippen molar-refractivity contribution < 1.29 is 50.1 Å². The first-order valence-electron chi connectivity index (χ1n) is 15.5. The molecule has 0 heterocycles. The molecule has 10 nitrogen and oxygen atoms in total. The molecule has 0 amide bonds. The molecule has 7 N–H and O–H groups in total. The highest BCUT2D eigenvalue weighted by molar-refractivity contribution is 5.66. The molecule has 41 heavy (non-hydrogen) atoms. The van der Waals surface area contributed by atoms with Crippen molar-refractivity contribution in [2.75, 3.05) is 26.4 Å². The van der Waals surface area contributed by atoms with E-state index < -0.39 is 49.8 Å². The van der Waals surface area contributed by atoms with Crippen LogP contribution in [-0.4, -0.2) is 80.1 Å². The summed E-state index contributed by atoms with van der Waals surface area (Å²) in [6.07, 6.45) is 26.1. The standard InChI is InChI=1S/C22H44O2.C5H12O4.2C2H4O2/c1-2-3-4-5-6-7-8-9-10-11-12-13-14-15-16-17-18-19-20-21-22(23)24;6-1-5(2-7,3-8)4-9;2*1-2(3)4/h2-21H2,1H3,(H,23,24);6-9H,1-4H2;2*1H3,(H,3,4). The first-order valence-corrected chi connectivity index (χ1v) is 15.5. The SMILES string of the molecule is CC(=O)O.CC(=O)O.CCCCCCCCCCCCCCCCCCCCCC(=O)O.OCC(CO)(CO)CO. The third-order valence-corrected chi connectivity index (χ3v) is 6.34. The number of carbonyl (C=O) groups is 3. The molecule has 0 aliphatic rings. The van der Waals surface area contributed by atoms with E-state index in [1.54, 1.807) is 0 Å². The third kappa shape index (κ3) is 51.5. The zero-order chi connectivity index (χ0) is 32.2. The molecule has 0 fully saturated rings. The van der Waals surface area contributed by atoms with Gasteiger partial charge in [-0.1, -0.05) is 122 Å². The van der Waals surface area contributed by atoms with Gasteiger partial charge in [0, 0.05) is 20.3 Å². The number of aliphatic carboxylic acids is 3. The maximum Gasteiger partial charge on any atom is 0.303 e. The molecule has 0 aliphatic heterocycles. The van der Waals surface area contributed by atoms with E-state index in [4.69, 9.17) is 45.3 Å². The van der Waals surface area contributed by atoms with Crippen LogP contribution in [0.1, 0.15) is 149 Å². The summed E-state index contributed by atoms with van der Waals surface area (Å²) in [5, 5.41) is 57.4. The minimum Gasteiger partial charge on any atom is -0.481 e. The van der Waals surface area contributed by atoms with Gasteiger partial charge in [0.15, 0.2) is 0 Å². The Balaban J connectivity index is -0.000000327. The fourth-order valence-corrected chi connectivity index (χ4v) is 3.65. The predicted molar refractivity (Wildman–Crippen MR) is 163 cm³/mol. The highest BCUT2D eigenvalue weighted by atomic mass is 16.4. The third-order valence-electron chi connectivity index (χ3n) is 6.34. The van der Waals surface area contributed by atoms with Crippen molar-refractivity contribution in [2.45, 2.75) is 149 Å². The van der Waals surface area contributed by atoms with Crippen LogP contribution in [0.5, 0.6) is 0 Å². The molecule has 0 aromatic heterocycles. The smallest absolute Gasteiger partial charge is 0.303 e. The molecule has 248 valence electrons. The van der Waals surface area contributed by atoms with Crippen molar-refractivity contribution in [3.05, 3.63) is 0 Å². The fourth-order valence-electron chi connectivity index (χ4n) is 3.65. The predicted octanol–water partition coefficient (Wildman–Crippen LogP) is 6.02. The van der Waals surface area contributed by atoms with Crippen LogP contribution in [0, 0.1) is 5.41 Å². The summed E-state index contributed by atoms with van der Waals surface area (Å²) in [7, 11) is 0. The summed E-state index contributed by atoms with van der Waals surface area (Å²) < 4.78 is 0. The number of hydrogen-bond acceptors (Lipinski definition) is 7. The molecule has 0 radical (unpaired) electrons. The Kier molecular flexibility index (Phi) is 43.1. The number of aliphatic hydroxyl groups excluding tert-OH is 4. The number of carboxylic acids is 3. The number of rotatable bonds is 24. The Morgan fingerprint density at radius 3 is 0.780 bits per heavy atom. The second kappa shape index (κ2) is 38.2. The van der Waals surface area contributed by atoms with Crippen LogP contribution in [0.3, 0.4) is 0 Å². The summed E-state index contributed by atoms with van der Waals surface area (Å²) in [4.78, 5) is 28.4. The Labute approximate surface area is 249 Å². The van der Waals surface area contributed by atoms with Gasteiger partial charge in [-0.25, -0.2) is 0 Å². The van der Waals surface area contributed by atoms with Crippen molar-refractivity contribution >= 4 is 17.9 Å². The first kappa shape index (κ1) is 46.2. The number of carboxylic acid groups (broad SMARTS) is 3. The molecule has 0 bridgehead atoms. The van der Waals surface area contributed by atoms with Crippen molar-refractivity contribution in [3.8, 4) is 0 Å². The fraction of sp³-hybridized carbons (Fsp3) is 0.903. The molecule has 0 spiro atoms. The van der Waals surface area contributed by atoms with E-state index in [-0.39, 0.29) is 0 Å². The molecular formula is C31H64O10. The Morgan fingerprint density at radius 2 is 0.634 bits per heavy atom. The molecule has 0 aliphatic carbocycles. The van der Waals surface area contributed by atoms with Gasteiger partial charge in [0.25, 0.3) is 11.9 Å². The minimum absolute atomic E-state index is 0.346. The van der Waals surface area contributed by atoms with Gasteiger partial charge in [-0.2, -0.15) is 0 Å². The maximum atomic E-state index is 10.4. The minimum atomic E-state index is -1.11. The van der Waals surface area contributed by atoms with Crippen molar-refractivity contribution in [3.63, 3.8) is 0 Å². The van der Waals surface area contributed by atoms with Gasteiger partial charge in [-0.15, -0.1) is 0 Å². The van der Waals surface area contributed by atoms with Crippen LogP contribution in [0.2, 0.25) is 0 Å². The number of aliphatic hydroxyl groups is 4.